The van der Waals surface area contributed by atoms with E-state index in [-0.39, 0.29) is 11.9 Å². The predicted octanol–water partition coefficient (Wildman–Crippen LogP) is 4.35. The average Bonchev–Trinajstić information content (AvgIpc) is 3.01. The number of anilines is 2. The molecule has 1 heterocycles. The number of thioether (sulfide) groups is 1. The van der Waals surface area contributed by atoms with Gasteiger partial charge in [-0.2, -0.15) is 0 Å². The van der Waals surface area contributed by atoms with E-state index in [9.17, 15) is 9.59 Å². The monoisotopic (exact) mass is 369 g/mol. The number of fused-ring (bicyclic) bond motifs is 1. The molecule has 5 nitrogen and oxygen atoms in total. The van der Waals surface area contributed by atoms with Crippen molar-refractivity contribution >= 4 is 35.1 Å². The number of nitrogens with zero attached hydrogens (tertiary/aromatic N) is 1. The molecule has 1 aliphatic heterocycles. The van der Waals surface area contributed by atoms with Crippen LogP contribution in [-0.2, 0) is 17.8 Å². The molecule has 0 aromatic heterocycles. The quantitative estimate of drug-likeness (QED) is 0.744. The lowest BCUT2D eigenvalue weighted by atomic mass is 10.1. The van der Waals surface area contributed by atoms with Crippen LogP contribution in [-0.4, -0.2) is 29.6 Å². The van der Waals surface area contributed by atoms with Gasteiger partial charge in [0, 0.05) is 29.4 Å². The molecular formula is C20H23N3O2S. The Kier molecular flexibility index (Phi) is 5.83. The first kappa shape index (κ1) is 18.3. The van der Waals surface area contributed by atoms with Gasteiger partial charge >= 0.3 is 6.03 Å². The fourth-order valence-electron chi connectivity index (χ4n) is 2.98. The fourth-order valence-corrected chi connectivity index (χ4v) is 3.39. The van der Waals surface area contributed by atoms with E-state index in [0.717, 1.165) is 23.2 Å². The molecule has 3 rings (SSSR count). The second-order valence-corrected chi connectivity index (χ2v) is 7.18. The van der Waals surface area contributed by atoms with Crippen LogP contribution in [0.4, 0.5) is 16.2 Å². The van der Waals surface area contributed by atoms with Gasteiger partial charge in [0.25, 0.3) is 0 Å². The summed E-state index contributed by atoms with van der Waals surface area (Å²) >= 11 is 1.70. The van der Waals surface area contributed by atoms with Crippen molar-refractivity contribution in [1.29, 1.82) is 0 Å². The first-order valence-corrected chi connectivity index (χ1v) is 9.93. The van der Waals surface area contributed by atoms with Gasteiger partial charge in [-0.15, -0.1) is 11.8 Å². The number of hydrogen-bond donors (Lipinski definition) is 2. The van der Waals surface area contributed by atoms with Crippen molar-refractivity contribution in [3.8, 4) is 0 Å². The number of urea groups is 1. The molecule has 0 unspecified atom stereocenters. The number of carbonyl (C=O) groups is 2. The smallest absolute Gasteiger partial charge is 0.322 e. The Bertz CT molecular complexity index is 805. The van der Waals surface area contributed by atoms with E-state index in [1.165, 1.54) is 4.90 Å². The van der Waals surface area contributed by atoms with Crippen LogP contribution in [0.15, 0.2) is 47.4 Å². The van der Waals surface area contributed by atoms with Gasteiger partial charge in [0.2, 0.25) is 5.91 Å². The van der Waals surface area contributed by atoms with Crippen molar-refractivity contribution in [2.45, 2.75) is 31.2 Å². The van der Waals surface area contributed by atoms with Gasteiger partial charge < -0.3 is 15.5 Å². The van der Waals surface area contributed by atoms with E-state index in [4.69, 9.17) is 0 Å². The van der Waals surface area contributed by atoms with Crippen LogP contribution in [0.25, 0.3) is 0 Å². The van der Waals surface area contributed by atoms with E-state index < -0.39 is 0 Å². The minimum absolute atomic E-state index is 0.00947. The maximum absolute atomic E-state index is 12.7. The normalized spacial score (nSPS) is 12.5. The number of rotatable bonds is 6. The third-order valence-corrected chi connectivity index (χ3v) is 5.04. The second-order valence-electron chi connectivity index (χ2n) is 6.30. The lowest BCUT2D eigenvalue weighted by Crippen LogP contribution is -2.35. The first-order valence-electron chi connectivity index (χ1n) is 8.70. The third kappa shape index (κ3) is 4.38. The Morgan fingerprint density at radius 1 is 1.23 bits per heavy atom. The Labute approximate surface area is 158 Å². The molecular weight excluding hydrogens is 346 g/mol. The second kappa shape index (κ2) is 8.27. The summed E-state index contributed by atoms with van der Waals surface area (Å²) in [6, 6.07) is 13.7. The topological polar surface area (TPSA) is 61.4 Å². The lowest BCUT2D eigenvalue weighted by Gasteiger charge is -2.23. The highest BCUT2D eigenvalue weighted by Crippen LogP contribution is 2.26. The maximum atomic E-state index is 12.7. The van der Waals surface area contributed by atoms with Gasteiger partial charge in [-0.1, -0.05) is 19.1 Å². The molecule has 0 fully saturated rings. The third-order valence-electron chi connectivity index (χ3n) is 4.29. The molecule has 0 bridgehead atoms. The molecule has 136 valence electrons. The number of amides is 3. The zero-order chi connectivity index (χ0) is 18.5. The van der Waals surface area contributed by atoms with Gasteiger partial charge in [0.05, 0.1) is 6.42 Å². The average molecular weight is 369 g/mol. The fraction of sp³-hybridized carbons (Fsp3) is 0.300. The Hall–Kier alpha value is -2.47. The highest BCUT2D eigenvalue weighted by Gasteiger charge is 2.19. The molecule has 6 heteroatoms. The zero-order valence-electron chi connectivity index (χ0n) is 15.0. The summed E-state index contributed by atoms with van der Waals surface area (Å²) in [5.41, 5.74) is 3.56. The van der Waals surface area contributed by atoms with Crippen LogP contribution in [0, 0.1) is 0 Å². The molecule has 0 atom stereocenters. The summed E-state index contributed by atoms with van der Waals surface area (Å²) in [5.74, 6) is -0.00947. The van der Waals surface area contributed by atoms with Crippen LogP contribution < -0.4 is 10.6 Å². The number of benzene rings is 2. The van der Waals surface area contributed by atoms with E-state index in [2.05, 4.69) is 41.8 Å². The van der Waals surface area contributed by atoms with Crippen molar-refractivity contribution in [2.24, 2.45) is 0 Å². The van der Waals surface area contributed by atoms with E-state index in [1.807, 2.05) is 29.4 Å². The summed E-state index contributed by atoms with van der Waals surface area (Å²) in [6.07, 6.45) is 3.30. The molecule has 0 radical (unpaired) electrons. The molecule has 2 aromatic rings. The molecule has 3 amide bonds. The minimum atomic E-state index is -0.127. The van der Waals surface area contributed by atoms with Crippen LogP contribution in [0.5, 0.6) is 0 Å². The van der Waals surface area contributed by atoms with Crippen molar-refractivity contribution < 1.29 is 9.59 Å². The molecule has 26 heavy (non-hydrogen) atoms. The SMILES string of the molecule is CCCN(Cc1ccc(SC)cc1)C(=O)Nc1ccc2c(c1)CC(=O)N2. The van der Waals surface area contributed by atoms with E-state index in [0.29, 0.717) is 25.2 Å². The molecule has 0 spiro atoms. The molecule has 0 aliphatic carbocycles. The highest BCUT2D eigenvalue weighted by atomic mass is 32.2. The number of carbonyl (C=O) groups excluding carboxylic acids is 2. The molecule has 0 saturated carbocycles. The van der Waals surface area contributed by atoms with Gasteiger partial charge in [-0.3, -0.25) is 4.79 Å². The molecule has 0 saturated heterocycles. The summed E-state index contributed by atoms with van der Waals surface area (Å²) in [7, 11) is 0. The predicted molar refractivity (Wildman–Crippen MR) is 107 cm³/mol. The highest BCUT2D eigenvalue weighted by molar-refractivity contribution is 7.98. The number of nitrogens with one attached hydrogen (secondary N) is 2. The molecule has 2 N–H and O–H groups in total. The van der Waals surface area contributed by atoms with Crippen molar-refractivity contribution in [1.82, 2.24) is 4.90 Å². The van der Waals surface area contributed by atoms with Crippen molar-refractivity contribution in [3.63, 3.8) is 0 Å². The molecule has 1 aliphatic rings. The van der Waals surface area contributed by atoms with E-state index >= 15 is 0 Å². The Morgan fingerprint density at radius 3 is 2.69 bits per heavy atom. The van der Waals surface area contributed by atoms with Crippen LogP contribution in [0.3, 0.4) is 0 Å². The van der Waals surface area contributed by atoms with E-state index in [1.54, 1.807) is 11.8 Å². The Balaban J connectivity index is 1.68. The number of hydrogen-bond acceptors (Lipinski definition) is 3. The van der Waals surface area contributed by atoms with Crippen molar-refractivity contribution in [2.75, 3.05) is 23.4 Å². The van der Waals surface area contributed by atoms with Crippen LogP contribution >= 0.6 is 11.8 Å². The largest absolute Gasteiger partial charge is 0.326 e. The van der Waals surface area contributed by atoms with Gasteiger partial charge in [-0.25, -0.2) is 4.79 Å². The summed E-state index contributed by atoms with van der Waals surface area (Å²) in [5, 5.41) is 5.76. The maximum Gasteiger partial charge on any atom is 0.322 e. The minimum Gasteiger partial charge on any atom is -0.326 e. The standard InChI is InChI=1S/C20H23N3O2S/c1-3-10-23(13-14-4-7-17(26-2)8-5-14)20(25)21-16-6-9-18-15(11-16)12-19(24)22-18/h4-9,11H,3,10,12-13H2,1-2H3,(H,21,25)(H,22,24). The van der Waals surface area contributed by atoms with Crippen LogP contribution in [0.2, 0.25) is 0 Å². The summed E-state index contributed by atoms with van der Waals surface area (Å²) in [6.45, 7) is 3.31. The zero-order valence-corrected chi connectivity index (χ0v) is 15.9. The van der Waals surface area contributed by atoms with Crippen molar-refractivity contribution in [3.05, 3.63) is 53.6 Å². The first-order chi connectivity index (χ1) is 12.6. The Morgan fingerprint density at radius 2 is 2.00 bits per heavy atom. The van der Waals surface area contributed by atoms with Gasteiger partial charge in [-0.05, 0) is 54.1 Å². The summed E-state index contributed by atoms with van der Waals surface area (Å²) in [4.78, 5) is 27.2. The van der Waals surface area contributed by atoms with Gasteiger partial charge in [0.1, 0.15) is 0 Å². The summed E-state index contributed by atoms with van der Waals surface area (Å²) < 4.78 is 0. The lowest BCUT2D eigenvalue weighted by molar-refractivity contribution is -0.115. The van der Waals surface area contributed by atoms with Crippen LogP contribution in [0.1, 0.15) is 24.5 Å². The van der Waals surface area contributed by atoms with Gasteiger partial charge in [0.15, 0.2) is 0 Å². The molecule has 2 aromatic carbocycles.